The van der Waals surface area contributed by atoms with Crippen molar-refractivity contribution in [1.82, 2.24) is 5.32 Å². The van der Waals surface area contributed by atoms with Crippen molar-refractivity contribution in [3.63, 3.8) is 0 Å². The van der Waals surface area contributed by atoms with Crippen molar-refractivity contribution in [3.05, 3.63) is 24.3 Å². The van der Waals surface area contributed by atoms with Gasteiger partial charge >= 0.3 is 0 Å². The summed E-state index contributed by atoms with van der Waals surface area (Å²) in [5.41, 5.74) is 0.731. The van der Waals surface area contributed by atoms with Gasteiger partial charge in [-0.05, 0) is 38.2 Å². The summed E-state index contributed by atoms with van der Waals surface area (Å²) in [4.78, 5) is 27.0. The molecule has 1 aliphatic heterocycles. The largest absolute Gasteiger partial charge is 0.477 e. The molecule has 1 heterocycles. The first-order chi connectivity index (χ1) is 11.5. The Morgan fingerprint density at radius 3 is 2.62 bits per heavy atom. The molecule has 24 heavy (non-hydrogen) atoms. The van der Waals surface area contributed by atoms with Crippen molar-refractivity contribution in [1.29, 1.82) is 0 Å². The van der Waals surface area contributed by atoms with E-state index in [2.05, 4.69) is 5.32 Å². The maximum absolute atomic E-state index is 12.7. The normalized spacial score (nSPS) is 17.9. The Morgan fingerprint density at radius 1 is 1.33 bits per heavy atom. The van der Waals surface area contributed by atoms with Gasteiger partial charge in [-0.2, -0.15) is 11.8 Å². The Hall–Kier alpha value is -1.69. The summed E-state index contributed by atoms with van der Waals surface area (Å²) >= 11 is 1.50. The van der Waals surface area contributed by atoms with Crippen molar-refractivity contribution in [2.24, 2.45) is 0 Å². The second kappa shape index (κ2) is 8.42. The lowest BCUT2D eigenvalue weighted by atomic mass is 10.1. The molecule has 0 bridgehead atoms. The predicted octanol–water partition coefficient (Wildman–Crippen LogP) is 2.84. The molecule has 6 heteroatoms. The van der Waals surface area contributed by atoms with Crippen LogP contribution in [0.5, 0.6) is 5.75 Å². The van der Waals surface area contributed by atoms with E-state index >= 15 is 0 Å². The molecule has 0 saturated heterocycles. The number of nitrogens with zero attached hydrogens (tertiary/aromatic N) is 1. The number of anilines is 1. The van der Waals surface area contributed by atoms with Gasteiger partial charge < -0.3 is 15.0 Å². The predicted molar refractivity (Wildman–Crippen MR) is 98.7 cm³/mol. The number of carbonyl (C=O) groups excluding carboxylic acids is 2. The van der Waals surface area contributed by atoms with Crippen molar-refractivity contribution in [2.75, 3.05) is 17.7 Å². The minimum atomic E-state index is -0.682. The van der Waals surface area contributed by atoms with Gasteiger partial charge in [-0.1, -0.05) is 26.0 Å². The Morgan fingerprint density at radius 2 is 2.00 bits per heavy atom. The minimum Gasteiger partial charge on any atom is -0.477 e. The minimum absolute atomic E-state index is 0.00131. The number of ether oxygens (including phenoxy) is 1. The lowest BCUT2D eigenvalue weighted by Crippen LogP contribution is -2.53. The van der Waals surface area contributed by atoms with E-state index in [0.717, 1.165) is 18.5 Å². The molecule has 5 nitrogen and oxygen atoms in total. The van der Waals surface area contributed by atoms with Crippen molar-refractivity contribution < 1.29 is 14.3 Å². The Kier molecular flexibility index (Phi) is 6.54. The monoisotopic (exact) mass is 350 g/mol. The van der Waals surface area contributed by atoms with E-state index in [4.69, 9.17) is 4.74 Å². The Bertz CT molecular complexity index is 589. The highest BCUT2D eigenvalue weighted by Crippen LogP contribution is 2.34. The average Bonchev–Trinajstić information content (AvgIpc) is 2.63. The van der Waals surface area contributed by atoms with Gasteiger partial charge in [0.2, 0.25) is 5.91 Å². The summed E-state index contributed by atoms with van der Waals surface area (Å²) in [6.07, 6.45) is 2.97. The number of amides is 2. The van der Waals surface area contributed by atoms with Gasteiger partial charge in [-0.25, -0.2) is 0 Å². The van der Waals surface area contributed by atoms with E-state index < -0.39 is 6.10 Å². The van der Waals surface area contributed by atoms with Crippen LogP contribution in [-0.2, 0) is 9.59 Å². The standard InChI is InChI=1S/C18H26N2O3S/c1-5-13(6-2)19-17(21)16-11-20(18(22)12(3)24-4)14-9-7-8-10-15(14)23-16/h7-10,12-13,16H,5-6,11H2,1-4H3,(H,19,21). The maximum atomic E-state index is 12.7. The molecule has 132 valence electrons. The van der Waals surface area contributed by atoms with E-state index in [1.807, 2.05) is 45.2 Å². The quantitative estimate of drug-likeness (QED) is 0.857. The molecule has 2 unspecified atom stereocenters. The summed E-state index contributed by atoms with van der Waals surface area (Å²) in [6, 6.07) is 7.51. The van der Waals surface area contributed by atoms with Crippen LogP contribution in [0.15, 0.2) is 24.3 Å². The molecule has 2 rings (SSSR count). The zero-order valence-corrected chi connectivity index (χ0v) is 15.6. The van der Waals surface area contributed by atoms with E-state index in [1.165, 1.54) is 11.8 Å². The van der Waals surface area contributed by atoms with Crippen LogP contribution in [0.3, 0.4) is 0 Å². The number of nitrogens with one attached hydrogen (secondary N) is 1. The summed E-state index contributed by atoms with van der Waals surface area (Å²) in [5, 5.41) is 2.84. The van der Waals surface area contributed by atoms with Crippen molar-refractivity contribution in [2.45, 2.75) is 51.0 Å². The van der Waals surface area contributed by atoms with Crippen LogP contribution in [-0.4, -0.2) is 42.0 Å². The molecule has 0 radical (unpaired) electrons. The molecule has 0 saturated carbocycles. The van der Waals surface area contributed by atoms with Gasteiger partial charge in [-0.15, -0.1) is 0 Å². The topological polar surface area (TPSA) is 58.6 Å². The number of carbonyl (C=O) groups is 2. The van der Waals surface area contributed by atoms with E-state index in [1.54, 1.807) is 11.0 Å². The van der Waals surface area contributed by atoms with Gasteiger partial charge in [0.15, 0.2) is 6.10 Å². The highest BCUT2D eigenvalue weighted by molar-refractivity contribution is 7.99. The fourth-order valence-corrected chi connectivity index (χ4v) is 3.02. The van der Waals surface area contributed by atoms with Gasteiger partial charge in [-0.3, -0.25) is 9.59 Å². The van der Waals surface area contributed by atoms with Gasteiger partial charge in [0.05, 0.1) is 17.5 Å². The van der Waals surface area contributed by atoms with Crippen LogP contribution in [0.2, 0.25) is 0 Å². The number of para-hydroxylation sites is 2. The molecule has 0 aromatic heterocycles. The Balaban J connectivity index is 2.23. The van der Waals surface area contributed by atoms with Crippen LogP contribution in [0.25, 0.3) is 0 Å². The zero-order valence-electron chi connectivity index (χ0n) is 14.7. The van der Waals surface area contributed by atoms with E-state index in [-0.39, 0.29) is 29.7 Å². The van der Waals surface area contributed by atoms with E-state index in [9.17, 15) is 9.59 Å². The summed E-state index contributed by atoms with van der Waals surface area (Å²) in [7, 11) is 0. The first kappa shape index (κ1) is 18.6. The number of hydrogen-bond donors (Lipinski definition) is 1. The third-order valence-corrected chi connectivity index (χ3v) is 5.27. The van der Waals surface area contributed by atoms with Crippen LogP contribution in [0, 0.1) is 0 Å². The molecule has 0 aliphatic carbocycles. The first-order valence-corrected chi connectivity index (χ1v) is 9.70. The number of benzene rings is 1. The number of rotatable bonds is 6. The highest BCUT2D eigenvalue weighted by Gasteiger charge is 2.35. The molecule has 1 N–H and O–H groups in total. The number of hydrogen-bond acceptors (Lipinski definition) is 4. The second-order valence-electron chi connectivity index (χ2n) is 5.92. The van der Waals surface area contributed by atoms with Crippen molar-refractivity contribution in [3.8, 4) is 5.75 Å². The lowest BCUT2D eigenvalue weighted by molar-refractivity contribution is -0.129. The molecule has 2 amide bonds. The SMILES string of the molecule is CCC(CC)NC(=O)C1CN(C(=O)C(C)SC)c2ccccc2O1. The average molecular weight is 350 g/mol. The van der Waals surface area contributed by atoms with Gasteiger partial charge in [0, 0.05) is 6.04 Å². The summed E-state index contributed by atoms with van der Waals surface area (Å²) < 4.78 is 5.86. The van der Waals surface area contributed by atoms with Crippen LogP contribution in [0.1, 0.15) is 33.6 Å². The third kappa shape index (κ3) is 4.04. The molecule has 1 aromatic carbocycles. The second-order valence-corrected chi connectivity index (χ2v) is 7.10. The fourth-order valence-electron chi connectivity index (χ4n) is 2.69. The molecule has 2 atom stereocenters. The smallest absolute Gasteiger partial charge is 0.263 e. The molecule has 1 aromatic rings. The van der Waals surface area contributed by atoms with E-state index in [0.29, 0.717) is 5.75 Å². The number of thioether (sulfide) groups is 1. The summed E-state index contributed by atoms with van der Waals surface area (Å²) in [5.74, 6) is 0.418. The molecular weight excluding hydrogens is 324 g/mol. The van der Waals surface area contributed by atoms with Gasteiger partial charge in [0.1, 0.15) is 5.75 Å². The van der Waals surface area contributed by atoms with Crippen LogP contribution in [0.4, 0.5) is 5.69 Å². The lowest BCUT2D eigenvalue weighted by Gasteiger charge is -2.35. The van der Waals surface area contributed by atoms with Crippen molar-refractivity contribution >= 4 is 29.3 Å². The maximum Gasteiger partial charge on any atom is 0.263 e. The first-order valence-electron chi connectivity index (χ1n) is 8.42. The number of fused-ring (bicyclic) bond motifs is 1. The van der Waals surface area contributed by atoms with Crippen LogP contribution < -0.4 is 15.0 Å². The third-order valence-electron chi connectivity index (χ3n) is 4.37. The Labute approximate surface area is 148 Å². The molecule has 0 fully saturated rings. The fraction of sp³-hybridized carbons (Fsp3) is 0.556. The zero-order chi connectivity index (χ0) is 17.7. The van der Waals surface area contributed by atoms with Crippen LogP contribution >= 0.6 is 11.8 Å². The van der Waals surface area contributed by atoms with Gasteiger partial charge in [0.25, 0.3) is 5.91 Å². The summed E-state index contributed by atoms with van der Waals surface area (Å²) in [6.45, 7) is 6.21. The highest BCUT2D eigenvalue weighted by atomic mass is 32.2. The molecule has 0 spiro atoms. The molecule has 1 aliphatic rings. The molecular formula is C18H26N2O3S.